The van der Waals surface area contributed by atoms with Crippen molar-refractivity contribution in [2.45, 2.75) is 16.7 Å². The summed E-state index contributed by atoms with van der Waals surface area (Å²) in [6.07, 6.45) is 4.46. The van der Waals surface area contributed by atoms with Crippen LogP contribution in [0.4, 0.5) is 0 Å². The van der Waals surface area contributed by atoms with Gasteiger partial charge in [-0.15, -0.1) is 0 Å². The van der Waals surface area contributed by atoms with E-state index in [1.165, 1.54) is 36.8 Å². The highest BCUT2D eigenvalue weighted by atomic mass is 32.2. The van der Waals surface area contributed by atoms with Crippen LogP contribution >= 0.6 is 0 Å². The van der Waals surface area contributed by atoms with Crippen LogP contribution in [0.15, 0.2) is 58.7 Å². The molecule has 6 heteroatoms. The minimum Gasteiger partial charge on any atom is -0.506 e. The van der Waals surface area contributed by atoms with Crippen molar-refractivity contribution < 1.29 is 13.5 Å². The summed E-state index contributed by atoms with van der Waals surface area (Å²) in [5, 5.41) is 10.2. The quantitative estimate of drug-likeness (QED) is 0.786. The lowest BCUT2D eigenvalue weighted by Crippen LogP contribution is -2.05. The van der Waals surface area contributed by atoms with E-state index in [4.69, 9.17) is 0 Å². The third-order valence-electron chi connectivity index (χ3n) is 3.26. The van der Waals surface area contributed by atoms with E-state index in [0.29, 0.717) is 10.9 Å². The molecule has 5 nitrogen and oxygen atoms in total. The number of rotatable bonds is 2. The standard InChI is InChI=1S/C15H12N2O3S/c1-10-9-16-8-6-13(10)21(19,20)14-5-4-12(18)15-11(14)3-2-7-17-15/h2-9,18H,1H3. The van der Waals surface area contributed by atoms with Crippen LogP contribution in [-0.2, 0) is 9.84 Å². The first-order valence-electron chi connectivity index (χ1n) is 6.24. The lowest BCUT2D eigenvalue weighted by atomic mass is 10.2. The van der Waals surface area contributed by atoms with Crippen LogP contribution < -0.4 is 0 Å². The van der Waals surface area contributed by atoms with E-state index in [1.807, 2.05) is 0 Å². The normalized spacial score (nSPS) is 11.7. The largest absolute Gasteiger partial charge is 0.506 e. The minimum atomic E-state index is -3.70. The van der Waals surface area contributed by atoms with E-state index in [9.17, 15) is 13.5 Å². The molecule has 2 aromatic heterocycles. The van der Waals surface area contributed by atoms with Gasteiger partial charge in [0.2, 0.25) is 9.84 Å². The van der Waals surface area contributed by atoms with Crippen molar-refractivity contribution in [2.75, 3.05) is 0 Å². The van der Waals surface area contributed by atoms with Crippen molar-refractivity contribution >= 4 is 20.7 Å². The van der Waals surface area contributed by atoms with E-state index in [0.717, 1.165) is 0 Å². The van der Waals surface area contributed by atoms with Crippen molar-refractivity contribution in [3.05, 3.63) is 54.5 Å². The molecule has 0 saturated heterocycles. The molecule has 106 valence electrons. The molecule has 0 atom stereocenters. The molecule has 0 fully saturated rings. The molecule has 2 heterocycles. The Hall–Kier alpha value is -2.47. The van der Waals surface area contributed by atoms with E-state index in [-0.39, 0.29) is 21.1 Å². The fourth-order valence-corrected chi connectivity index (χ4v) is 3.90. The zero-order chi connectivity index (χ0) is 15.0. The number of aromatic nitrogens is 2. The topological polar surface area (TPSA) is 80.2 Å². The summed E-state index contributed by atoms with van der Waals surface area (Å²) in [5.41, 5.74) is 0.841. The molecule has 3 rings (SSSR count). The fraction of sp³-hybridized carbons (Fsp3) is 0.0667. The van der Waals surface area contributed by atoms with Gasteiger partial charge in [-0.1, -0.05) is 0 Å². The SMILES string of the molecule is Cc1cnccc1S(=O)(=O)c1ccc(O)c2ncccc12. The lowest BCUT2D eigenvalue weighted by Gasteiger charge is -2.10. The van der Waals surface area contributed by atoms with Gasteiger partial charge in [0.05, 0.1) is 9.79 Å². The molecule has 0 bridgehead atoms. The highest BCUT2D eigenvalue weighted by molar-refractivity contribution is 7.91. The molecule has 0 radical (unpaired) electrons. The van der Waals surface area contributed by atoms with Crippen molar-refractivity contribution in [1.82, 2.24) is 9.97 Å². The van der Waals surface area contributed by atoms with Crippen molar-refractivity contribution in [1.29, 1.82) is 0 Å². The Labute approximate surface area is 121 Å². The number of sulfone groups is 1. The van der Waals surface area contributed by atoms with Gasteiger partial charge in [-0.25, -0.2) is 8.42 Å². The van der Waals surface area contributed by atoms with Crippen LogP contribution in [0.3, 0.4) is 0 Å². The van der Waals surface area contributed by atoms with Gasteiger partial charge in [0.15, 0.2) is 0 Å². The molecule has 0 aliphatic rings. The monoisotopic (exact) mass is 300 g/mol. The number of hydrogen-bond donors (Lipinski definition) is 1. The Bertz CT molecular complexity index is 937. The van der Waals surface area contributed by atoms with Crippen LogP contribution in [0.25, 0.3) is 10.9 Å². The third kappa shape index (κ3) is 2.13. The van der Waals surface area contributed by atoms with Crippen LogP contribution in [0.1, 0.15) is 5.56 Å². The smallest absolute Gasteiger partial charge is 0.207 e. The molecule has 0 aliphatic heterocycles. The first-order chi connectivity index (χ1) is 10.0. The van der Waals surface area contributed by atoms with E-state index >= 15 is 0 Å². The lowest BCUT2D eigenvalue weighted by molar-refractivity contribution is 0.480. The van der Waals surface area contributed by atoms with Gasteiger partial charge >= 0.3 is 0 Å². The summed E-state index contributed by atoms with van der Waals surface area (Å²) >= 11 is 0. The van der Waals surface area contributed by atoms with Crippen molar-refractivity contribution in [3.8, 4) is 5.75 Å². The predicted molar refractivity (Wildman–Crippen MR) is 77.8 cm³/mol. The molecule has 1 aromatic carbocycles. The summed E-state index contributed by atoms with van der Waals surface area (Å²) in [6.45, 7) is 1.70. The van der Waals surface area contributed by atoms with Gasteiger partial charge in [0.25, 0.3) is 0 Å². The second kappa shape index (κ2) is 4.82. The van der Waals surface area contributed by atoms with Gasteiger partial charge in [-0.2, -0.15) is 0 Å². The number of pyridine rings is 2. The Kier molecular flexibility index (Phi) is 3.10. The van der Waals surface area contributed by atoms with Crippen molar-refractivity contribution in [2.24, 2.45) is 0 Å². The van der Waals surface area contributed by atoms with E-state index in [2.05, 4.69) is 9.97 Å². The molecule has 1 N–H and O–H groups in total. The Morgan fingerprint density at radius 1 is 1.05 bits per heavy atom. The maximum absolute atomic E-state index is 12.8. The number of phenols is 1. The predicted octanol–water partition coefficient (Wildman–Crippen LogP) is 2.48. The van der Waals surface area contributed by atoms with Crippen LogP contribution in [0.5, 0.6) is 5.75 Å². The van der Waals surface area contributed by atoms with Crippen LogP contribution in [-0.4, -0.2) is 23.5 Å². The molecule has 0 aliphatic carbocycles. The summed E-state index contributed by atoms with van der Waals surface area (Å²) in [6, 6.07) is 7.48. The third-order valence-corrected chi connectivity index (χ3v) is 5.23. The van der Waals surface area contributed by atoms with Crippen molar-refractivity contribution in [3.63, 3.8) is 0 Å². The maximum Gasteiger partial charge on any atom is 0.207 e. The highest BCUT2D eigenvalue weighted by Gasteiger charge is 2.23. The first kappa shape index (κ1) is 13.5. The number of aromatic hydroxyl groups is 1. The van der Waals surface area contributed by atoms with Gasteiger partial charge in [0.1, 0.15) is 11.3 Å². The Balaban J connectivity index is 2.36. The summed E-state index contributed by atoms with van der Waals surface area (Å²) < 4.78 is 25.7. The second-order valence-electron chi connectivity index (χ2n) is 4.63. The van der Waals surface area contributed by atoms with E-state index in [1.54, 1.807) is 19.1 Å². The molecular formula is C15H12N2O3S. The summed E-state index contributed by atoms with van der Waals surface area (Å²) in [5.74, 6) is -0.0454. The second-order valence-corrected chi connectivity index (χ2v) is 6.51. The van der Waals surface area contributed by atoms with Gasteiger partial charge in [-0.3, -0.25) is 9.97 Å². The zero-order valence-electron chi connectivity index (χ0n) is 11.2. The molecule has 0 saturated carbocycles. The van der Waals surface area contributed by atoms with Gasteiger partial charge in [0, 0.05) is 24.0 Å². The maximum atomic E-state index is 12.8. The fourth-order valence-electron chi connectivity index (χ4n) is 2.25. The van der Waals surface area contributed by atoms with Crippen LogP contribution in [0.2, 0.25) is 0 Å². The van der Waals surface area contributed by atoms with Crippen LogP contribution in [0, 0.1) is 6.92 Å². The number of fused-ring (bicyclic) bond motifs is 1. The Morgan fingerprint density at radius 3 is 2.62 bits per heavy atom. The molecule has 0 unspecified atom stereocenters. The number of hydrogen-bond acceptors (Lipinski definition) is 5. The number of aryl methyl sites for hydroxylation is 1. The average molecular weight is 300 g/mol. The minimum absolute atomic E-state index is 0.0454. The molecule has 3 aromatic rings. The van der Waals surface area contributed by atoms with E-state index < -0.39 is 9.84 Å². The molecule has 0 amide bonds. The zero-order valence-corrected chi connectivity index (χ0v) is 12.0. The molecular weight excluding hydrogens is 288 g/mol. The summed E-state index contributed by atoms with van der Waals surface area (Å²) in [4.78, 5) is 8.28. The summed E-state index contributed by atoms with van der Waals surface area (Å²) in [7, 11) is -3.70. The number of phenolic OH excluding ortho intramolecular Hbond substituents is 1. The number of benzene rings is 1. The molecule has 21 heavy (non-hydrogen) atoms. The van der Waals surface area contributed by atoms with Gasteiger partial charge < -0.3 is 5.11 Å². The Morgan fingerprint density at radius 2 is 1.86 bits per heavy atom. The number of nitrogens with zero attached hydrogens (tertiary/aromatic N) is 2. The highest BCUT2D eigenvalue weighted by Crippen LogP contribution is 2.32. The van der Waals surface area contributed by atoms with Gasteiger partial charge in [-0.05, 0) is 42.8 Å². The first-order valence-corrected chi connectivity index (χ1v) is 7.72. The molecule has 0 spiro atoms. The average Bonchev–Trinajstić information content (AvgIpc) is 2.48.